The molecule has 1 aliphatic heterocycles. The van der Waals surface area contributed by atoms with E-state index in [1.165, 1.54) is 12.1 Å². The van der Waals surface area contributed by atoms with Crippen LogP contribution in [-0.4, -0.2) is 34.8 Å². The van der Waals surface area contributed by atoms with Crippen LogP contribution in [0, 0.1) is 12.7 Å². The lowest BCUT2D eigenvalue weighted by molar-refractivity contribution is 0.0580. The summed E-state index contributed by atoms with van der Waals surface area (Å²) in [6.07, 6.45) is 0.406. The molecule has 1 atom stereocenters. The lowest BCUT2D eigenvalue weighted by atomic mass is 10.0. The number of carbonyl (C=O) groups is 1. The number of benzene rings is 2. The third-order valence-electron chi connectivity index (χ3n) is 4.67. The fourth-order valence-corrected chi connectivity index (χ4v) is 3.26. The van der Waals surface area contributed by atoms with E-state index in [1.807, 2.05) is 52.0 Å². The van der Waals surface area contributed by atoms with Crippen molar-refractivity contribution in [3.63, 3.8) is 0 Å². The topological polar surface area (TPSA) is 53.9 Å². The second-order valence-corrected chi connectivity index (χ2v) is 8.47. The van der Waals surface area contributed by atoms with E-state index in [2.05, 4.69) is 10.5 Å². The maximum absolute atomic E-state index is 13.2. The van der Waals surface area contributed by atoms with Crippen LogP contribution in [0.1, 0.15) is 43.9 Å². The van der Waals surface area contributed by atoms with Gasteiger partial charge in [0.2, 0.25) is 0 Å². The van der Waals surface area contributed by atoms with E-state index in [9.17, 15) is 9.18 Å². The normalized spacial score (nSPS) is 16.2. The minimum atomic E-state index is -0.364. The molecule has 2 aromatic carbocycles. The molecule has 154 valence electrons. The van der Waals surface area contributed by atoms with Crippen LogP contribution in [0.4, 0.5) is 9.18 Å². The van der Waals surface area contributed by atoms with Gasteiger partial charge in [0.15, 0.2) is 6.10 Å². The zero-order chi connectivity index (χ0) is 21.0. The first-order chi connectivity index (χ1) is 13.7. The predicted molar refractivity (Wildman–Crippen MR) is 112 cm³/mol. The molecular weight excluding hydrogens is 369 g/mol. The molecule has 29 heavy (non-hydrogen) atoms. The van der Waals surface area contributed by atoms with Gasteiger partial charge in [-0.3, -0.25) is 0 Å². The van der Waals surface area contributed by atoms with Gasteiger partial charge >= 0.3 is 6.03 Å². The largest absolute Gasteiger partial charge is 0.390 e. The van der Waals surface area contributed by atoms with E-state index >= 15 is 0 Å². The number of hydrogen-bond donors (Lipinski definition) is 1. The molecule has 3 rings (SSSR count). The molecule has 6 heteroatoms. The van der Waals surface area contributed by atoms with E-state index in [0.29, 0.717) is 19.5 Å². The number of oxime groups is 1. The highest BCUT2D eigenvalue weighted by Crippen LogP contribution is 2.21. The molecule has 2 amide bonds. The van der Waals surface area contributed by atoms with E-state index in [-0.39, 0.29) is 23.5 Å². The van der Waals surface area contributed by atoms with Gasteiger partial charge in [0.25, 0.3) is 0 Å². The highest BCUT2D eigenvalue weighted by Gasteiger charge is 2.28. The molecule has 0 bridgehead atoms. The zero-order valence-electron chi connectivity index (χ0n) is 17.4. The fourth-order valence-electron chi connectivity index (χ4n) is 3.26. The summed E-state index contributed by atoms with van der Waals surface area (Å²) in [6, 6.07) is 14.1. The molecule has 0 fully saturated rings. The predicted octanol–water partition coefficient (Wildman–Crippen LogP) is 4.64. The molecule has 0 saturated carbocycles. The van der Waals surface area contributed by atoms with Crippen molar-refractivity contribution in [3.05, 3.63) is 71.0 Å². The summed E-state index contributed by atoms with van der Waals surface area (Å²) >= 11 is 0. The molecule has 2 aromatic rings. The highest BCUT2D eigenvalue weighted by molar-refractivity contribution is 6.02. The Morgan fingerprint density at radius 2 is 1.90 bits per heavy atom. The minimum absolute atomic E-state index is 0.185. The van der Waals surface area contributed by atoms with Crippen LogP contribution < -0.4 is 5.32 Å². The Morgan fingerprint density at radius 3 is 2.55 bits per heavy atom. The van der Waals surface area contributed by atoms with Crippen molar-refractivity contribution in [2.75, 3.05) is 6.54 Å². The fraction of sp³-hybridized carbons (Fsp3) is 0.391. The summed E-state index contributed by atoms with van der Waals surface area (Å²) in [5.74, 6) is -0.296. The number of aryl methyl sites for hydroxylation is 1. The average Bonchev–Trinajstić information content (AvgIpc) is 3.10. The molecule has 5 nitrogen and oxygen atoms in total. The van der Waals surface area contributed by atoms with Crippen molar-refractivity contribution in [2.45, 2.75) is 52.3 Å². The Morgan fingerprint density at radius 1 is 1.21 bits per heavy atom. The summed E-state index contributed by atoms with van der Waals surface area (Å²) < 4.78 is 13.2. The third kappa shape index (κ3) is 5.79. The number of halogens is 1. The molecule has 0 saturated heterocycles. The first kappa shape index (κ1) is 20.8. The summed E-state index contributed by atoms with van der Waals surface area (Å²) in [5.41, 5.74) is 3.60. The van der Waals surface area contributed by atoms with Crippen molar-refractivity contribution in [1.29, 1.82) is 0 Å². The molecular formula is C23H28FN3O2. The number of nitrogens with zero attached hydrogens (tertiary/aromatic N) is 2. The van der Waals surface area contributed by atoms with Crippen molar-refractivity contribution >= 4 is 11.7 Å². The first-order valence-corrected chi connectivity index (χ1v) is 9.81. The van der Waals surface area contributed by atoms with Gasteiger partial charge in [-0.25, -0.2) is 9.18 Å². The highest BCUT2D eigenvalue weighted by atomic mass is 19.1. The first-order valence-electron chi connectivity index (χ1n) is 9.81. The maximum Gasteiger partial charge on any atom is 0.318 e. The SMILES string of the molecule is Cc1ccccc1C1=NO[C@H](CN(Cc2ccc(F)cc2)C(=O)NC(C)(C)C)C1. The zero-order valence-corrected chi connectivity index (χ0v) is 17.4. The second-order valence-electron chi connectivity index (χ2n) is 8.47. The Hall–Kier alpha value is -2.89. The Balaban J connectivity index is 1.70. The van der Waals surface area contributed by atoms with Crippen molar-refractivity contribution in [1.82, 2.24) is 10.2 Å². The maximum atomic E-state index is 13.2. The molecule has 0 aromatic heterocycles. The molecule has 1 aliphatic rings. The molecule has 0 radical (unpaired) electrons. The minimum Gasteiger partial charge on any atom is -0.390 e. The third-order valence-corrected chi connectivity index (χ3v) is 4.67. The van der Waals surface area contributed by atoms with Crippen molar-refractivity contribution in [3.8, 4) is 0 Å². The van der Waals surface area contributed by atoms with E-state index in [1.54, 1.807) is 17.0 Å². The lowest BCUT2D eigenvalue weighted by Gasteiger charge is -2.29. The molecule has 1 N–H and O–H groups in total. The monoisotopic (exact) mass is 397 g/mol. The van der Waals surface area contributed by atoms with Crippen LogP contribution in [0.15, 0.2) is 53.7 Å². The van der Waals surface area contributed by atoms with Crippen molar-refractivity contribution in [2.24, 2.45) is 5.16 Å². The number of hydrogen-bond acceptors (Lipinski definition) is 3. The van der Waals surface area contributed by atoms with Gasteiger partial charge in [-0.2, -0.15) is 0 Å². The van der Waals surface area contributed by atoms with Gasteiger partial charge in [-0.05, 0) is 51.0 Å². The molecule has 0 aliphatic carbocycles. The molecule has 0 unspecified atom stereocenters. The van der Waals surface area contributed by atoms with E-state index in [4.69, 9.17) is 4.84 Å². The van der Waals surface area contributed by atoms with E-state index < -0.39 is 0 Å². The standard InChI is InChI=1S/C23H28FN3O2/c1-16-7-5-6-8-20(16)21-13-19(29-26-21)15-27(22(28)25-23(2,3)4)14-17-9-11-18(24)12-10-17/h5-12,19H,13-15H2,1-4H3,(H,25,28)/t19-/m0/s1. The van der Waals surface area contributed by atoms with Gasteiger partial charge in [0.05, 0.1) is 12.3 Å². The number of nitrogens with one attached hydrogen (secondary N) is 1. The van der Waals surface area contributed by atoms with E-state index in [0.717, 1.165) is 22.4 Å². The quantitative estimate of drug-likeness (QED) is 0.799. The Kier molecular flexibility index (Phi) is 6.20. The Labute approximate surface area is 171 Å². The number of carbonyl (C=O) groups excluding carboxylic acids is 1. The van der Waals surface area contributed by atoms with Gasteiger partial charge < -0.3 is 15.1 Å². The average molecular weight is 397 g/mol. The molecule has 0 spiro atoms. The lowest BCUT2D eigenvalue weighted by Crippen LogP contribution is -2.50. The number of urea groups is 1. The molecule has 1 heterocycles. The van der Waals surface area contributed by atoms with Crippen LogP contribution in [0.5, 0.6) is 0 Å². The van der Waals surface area contributed by atoms with Gasteiger partial charge in [0, 0.05) is 24.1 Å². The van der Waals surface area contributed by atoms with Crippen LogP contribution in [0.3, 0.4) is 0 Å². The number of rotatable bonds is 5. The van der Waals surface area contributed by atoms with Crippen LogP contribution in [0.2, 0.25) is 0 Å². The van der Waals surface area contributed by atoms with Crippen molar-refractivity contribution < 1.29 is 14.0 Å². The smallest absolute Gasteiger partial charge is 0.318 e. The van der Waals surface area contributed by atoms with Gasteiger partial charge in [0.1, 0.15) is 5.82 Å². The summed E-state index contributed by atoms with van der Waals surface area (Å²) in [4.78, 5) is 20.2. The van der Waals surface area contributed by atoms with Gasteiger partial charge in [-0.15, -0.1) is 0 Å². The van der Waals surface area contributed by atoms with Crippen LogP contribution in [0.25, 0.3) is 0 Å². The van der Waals surface area contributed by atoms with Gasteiger partial charge in [-0.1, -0.05) is 41.6 Å². The van der Waals surface area contributed by atoms with Crippen LogP contribution in [-0.2, 0) is 11.4 Å². The van der Waals surface area contributed by atoms with Crippen LogP contribution >= 0.6 is 0 Å². The summed E-state index contributed by atoms with van der Waals surface area (Å²) in [6.45, 7) is 8.61. The number of amides is 2. The summed E-state index contributed by atoms with van der Waals surface area (Å²) in [5, 5.41) is 7.26. The Bertz CT molecular complexity index is 888. The second kappa shape index (κ2) is 8.64. The summed E-state index contributed by atoms with van der Waals surface area (Å²) in [7, 11) is 0.